The highest BCUT2D eigenvalue weighted by Crippen LogP contribution is 2.32. The first-order chi connectivity index (χ1) is 23.9. The van der Waals surface area contributed by atoms with Crippen molar-refractivity contribution < 1.29 is 22.3 Å². The van der Waals surface area contributed by atoms with Crippen LogP contribution in [0.2, 0.25) is 0 Å². The number of anilines is 1. The molecular formula is C40H40FN3O4S. The molecule has 1 fully saturated rings. The SMILES string of the molecule is O=C(Nc1cccc(F)c1CC[C@H]1CNCCN1S(=O)(=O)c1ccccc1)C(OCc1ccccc1)C(c1ccccc1)c1ccccc1. The number of nitrogens with one attached hydrogen (secondary N) is 2. The van der Waals surface area contributed by atoms with Gasteiger partial charge in [0.1, 0.15) is 11.9 Å². The molecule has 252 valence electrons. The predicted molar refractivity (Wildman–Crippen MR) is 190 cm³/mol. The number of halogens is 1. The Morgan fingerprint density at radius 2 is 1.41 bits per heavy atom. The zero-order valence-electron chi connectivity index (χ0n) is 27.1. The zero-order valence-corrected chi connectivity index (χ0v) is 27.9. The van der Waals surface area contributed by atoms with E-state index >= 15 is 4.39 Å². The highest BCUT2D eigenvalue weighted by molar-refractivity contribution is 7.89. The molecule has 0 aromatic heterocycles. The highest BCUT2D eigenvalue weighted by Gasteiger charge is 2.35. The number of rotatable bonds is 13. The minimum atomic E-state index is -3.74. The standard InChI is InChI=1S/C40H40FN3O4S/c41-36-22-13-23-37(35(36)25-24-33-28-42-26-27-44(33)49(46,47)34-20-11-4-12-21-34)43-40(45)39(48-29-30-14-5-1-6-15-30)38(31-16-7-2-8-17-31)32-18-9-3-10-19-32/h1-23,33,38-39,42H,24-29H2,(H,43,45)/t33-,39?/m0/s1. The first kappa shape index (κ1) is 34.2. The minimum absolute atomic E-state index is 0.200. The van der Waals surface area contributed by atoms with Crippen molar-refractivity contribution in [2.24, 2.45) is 0 Å². The van der Waals surface area contributed by atoms with Gasteiger partial charge < -0.3 is 15.4 Å². The second-order valence-corrected chi connectivity index (χ2v) is 14.0. The second kappa shape index (κ2) is 16.2. The van der Waals surface area contributed by atoms with Crippen molar-refractivity contribution in [3.63, 3.8) is 0 Å². The molecule has 1 aliphatic heterocycles. The van der Waals surface area contributed by atoms with Crippen LogP contribution >= 0.6 is 0 Å². The van der Waals surface area contributed by atoms with E-state index in [4.69, 9.17) is 4.74 Å². The average Bonchev–Trinajstić information content (AvgIpc) is 3.14. The van der Waals surface area contributed by atoms with Crippen LogP contribution in [0.15, 0.2) is 144 Å². The Bertz CT molecular complexity index is 1870. The Morgan fingerprint density at radius 3 is 2.04 bits per heavy atom. The van der Waals surface area contributed by atoms with Crippen LogP contribution in [-0.2, 0) is 32.6 Å². The number of hydrogen-bond donors (Lipinski definition) is 2. The van der Waals surface area contributed by atoms with Gasteiger partial charge in [-0.05, 0) is 53.8 Å². The van der Waals surface area contributed by atoms with E-state index in [1.807, 2.05) is 91.0 Å². The molecule has 5 aromatic rings. The Labute approximate surface area is 287 Å². The largest absolute Gasteiger partial charge is 0.363 e. The van der Waals surface area contributed by atoms with Gasteiger partial charge in [-0.1, -0.05) is 115 Å². The van der Waals surface area contributed by atoms with E-state index in [1.54, 1.807) is 42.5 Å². The van der Waals surface area contributed by atoms with Gasteiger partial charge in [0.25, 0.3) is 5.91 Å². The fourth-order valence-corrected chi connectivity index (χ4v) is 8.10. The molecule has 1 heterocycles. The molecular weight excluding hydrogens is 638 g/mol. The number of piperazine rings is 1. The quantitative estimate of drug-likeness (QED) is 0.144. The third-order valence-corrected chi connectivity index (χ3v) is 10.9. The summed E-state index contributed by atoms with van der Waals surface area (Å²) in [6, 6.07) is 41.7. The van der Waals surface area contributed by atoms with Crippen molar-refractivity contribution in [3.8, 4) is 0 Å². The van der Waals surface area contributed by atoms with Gasteiger partial charge in [-0.3, -0.25) is 4.79 Å². The first-order valence-electron chi connectivity index (χ1n) is 16.5. The van der Waals surface area contributed by atoms with E-state index < -0.39 is 39.8 Å². The molecule has 2 N–H and O–H groups in total. The molecule has 0 aliphatic carbocycles. The molecule has 1 saturated heterocycles. The lowest BCUT2D eigenvalue weighted by atomic mass is 9.86. The molecule has 0 radical (unpaired) electrons. The maximum absolute atomic E-state index is 15.6. The van der Waals surface area contributed by atoms with Crippen molar-refractivity contribution in [3.05, 3.63) is 168 Å². The molecule has 0 bridgehead atoms. The fraction of sp³-hybridized carbons (Fsp3) is 0.225. The lowest BCUT2D eigenvalue weighted by Crippen LogP contribution is -2.53. The fourth-order valence-electron chi connectivity index (χ4n) is 6.42. The number of carbonyl (C=O) groups excluding carboxylic acids is 1. The van der Waals surface area contributed by atoms with Crippen molar-refractivity contribution >= 4 is 21.6 Å². The number of hydrogen-bond acceptors (Lipinski definition) is 5. The zero-order chi connectivity index (χ0) is 34.1. The normalized spacial score (nSPS) is 15.9. The Hall–Kier alpha value is -4.67. The van der Waals surface area contributed by atoms with Crippen LogP contribution in [0.4, 0.5) is 10.1 Å². The lowest BCUT2D eigenvalue weighted by Gasteiger charge is -2.35. The smallest absolute Gasteiger partial charge is 0.254 e. The van der Waals surface area contributed by atoms with Crippen molar-refractivity contribution in [2.45, 2.75) is 42.4 Å². The Balaban J connectivity index is 1.27. The van der Waals surface area contributed by atoms with Crippen LogP contribution < -0.4 is 10.6 Å². The second-order valence-electron chi connectivity index (χ2n) is 12.1. The van der Waals surface area contributed by atoms with E-state index in [2.05, 4.69) is 10.6 Å². The molecule has 7 nitrogen and oxygen atoms in total. The maximum atomic E-state index is 15.6. The number of benzene rings is 5. The van der Waals surface area contributed by atoms with E-state index in [1.165, 1.54) is 10.4 Å². The number of nitrogens with zero attached hydrogens (tertiary/aromatic N) is 1. The predicted octanol–water partition coefficient (Wildman–Crippen LogP) is 6.78. The highest BCUT2D eigenvalue weighted by atomic mass is 32.2. The monoisotopic (exact) mass is 677 g/mol. The Morgan fingerprint density at radius 1 is 0.816 bits per heavy atom. The number of amides is 1. The third kappa shape index (κ3) is 8.32. The molecule has 1 aliphatic rings. The van der Waals surface area contributed by atoms with Gasteiger partial charge in [0.05, 0.1) is 11.5 Å². The van der Waals surface area contributed by atoms with Gasteiger partial charge in [0.15, 0.2) is 0 Å². The van der Waals surface area contributed by atoms with Crippen LogP contribution in [-0.4, -0.2) is 50.4 Å². The van der Waals surface area contributed by atoms with Crippen molar-refractivity contribution in [1.29, 1.82) is 0 Å². The minimum Gasteiger partial charge on any atom is -0.363 e. The molecule has 0 saturated carbocycles. The number of carbonyl (C=O) groups is 1. The first-order valence-corrected chi connectivity index (χ1v) is 18.0. The summed E-state index contributed by atoms with van der Waals surface area (Å²) in [6.45, 7) is 1.47. The van der Waals surface area contributed by atoms with Crippen molar-refractivity contribution in [2.75, 3.05) is 25.0 Å². The number of ether oxygens (including phenoxy) is 1. The lowest BCUT2D eigenvalue weighted by molar-refractivity contribution is -0.129. The average molecular weight is 678 g/mol. The summed E-state index contributed by atoms with van der Waals surface area (Å²) in [7, 11) is -3.74. The maximum Gasteiger partial charge on any atom is 0.254 e. The van der Waals surface area contributed by atoms with Crippen molar-refractivity contribution in [1.82, 2.24) is 9.62 Å². The van der Waals surface area contributed by atoms with Gasteiger partial charge in [0.2, 0.25) is 10.0 Å². The summed E-state index contributed by atoms with van der Waals surface area (Å²) in [5, 5.41) is 6.30. The van der Waals surface area contributed by atoms with E-state index in [9.17, 15) is 13.2 Å². The van der Waals surface area contributed by atoms with Crippen LogP contribution in [0.1, 0.15) is 34.6 Å². The molecule has 1 amide bonds. The van der Waals surface area contributed by atoms with Gasteiger partial charge in [0, 0.05) is 42.8 Å². The van der Waals surface area contributed by atoms with Gasteiger partial charge in [-0.25, -0.2) is 12.8 Å². The van der Waals surface area contributed by atoms with E-state index in [0.29, 0.717) is 37.3 Å². The molecule has 5 aromatic carbocycles. The van der Waals surface area contributed by atoms with E-state index in [-0.39, 0.29) is 17.9 Å². The molecule has 1 unspecified atom stereocenters. The summed E-state index contributed by atoms with van der Waals surface area (Å²) in [6.07, 6.45) is -0.394. The summed E-state index contributed by atoms with van der Waals surface area (Å²) >= 11 is 0. The van der Waals surface area contributed by atoms with Gasteiger partial charge in [-0.15, -0.1) is 0 Å². The molecule has 9 heteroatoms. The molecule has 2 atom stereocenters. The van der Waals surface area contributed by atoms with E-state index in [0.717, 1.165) is 16.7 Å². The van der Waals surface area contributed by atoms with Crippen LogP contribution in [0.25, 0.3) is 0 Å². The molecule has 49 heavy (non-hydrogen) atoms. The number of sulfonamides is 1. The van der Waals surface area contributed by atoms with Gasteiger partial charge in [-0.2, -0.15) is 4.31 Å². The summed E-state index contributed by atoms with van der Waals surface area (Å²) < 4.78 is 50.7. The van der Waals surface area contributed by atoms with Crippen LogP contribution in [0, 0.1) is 5.82 Å². The summed E-state index contributed by atoms with van der Waals surface area (Å²) in [4.78, 5) is 14.6. The Kier molecular flexibility index (Phi) is 11.3. The van der Waals surface area contributed by atoms with Gasteiger partial charge >= 0.3 is 0 Å². The third-order valence-electron chi connectivity index (χ3n) is 8.90. The summed E-state index contributed by atoms with van der Waals surface area (Å²) in [5.74, 6) is -1.33. The molecule has 6 rings (SSSR count). The summed E-state index contributed by atoms with van der Waals surface area (Å²) in [5.41, 5.74) is 3.38. The van der Waals surface area contributed by atoms with Crippen LogP contribution in [0.3, 0.4) is 0 Å². The topological polar surface area (TPSA) is 87.7 Å². The molecule has 0 spiro atoms. The van der Waals surface area contributed by atoms with Crippen LogP contribution in [0.5, 0.6) is 0 Å².